The maximum absolute atomic E-state index is 2.44. The van der Waals surface area contributed by atoms with Crippen LogP contribution >= 0.6 is 0 Å². The first-order chi connectivity index (χ1) is 11.6. The minimum atomic E-state index is -0.799. The Morgan fingerprint density at radius 3 is 1.33 bits per heavy atom. The summed E-state index contributed by atoms with van der Waals surface area (Å²) in [5, 5.41) is 0. The molecule has 0 aromatic heterocycles. The number of rotatable bonds is 2. The Hall–Kier alpha value is -0.994. The Labute approximate surface area is 155 Å². The van der Waals surface area contributed by atoms with Crippen LogP contribution in [-0.2, 0) is 0 Å². The average Bonchev–Trinajstić information content (AvgIpc) is 3.19. The van der Waals surface area contributed by atoms with Crippen molar-refractivity contribution in [3.63, 3.8) is 0 Å². The zero-order valence-electron chi connectivity index (χ0n) is 15.1. The van der Waals surface area contributed by atoms with E-state index in [0.717, 1.165) is 9.50 Å². The van der Waals surface area contributed by atoms with Crippen LogP contribution in [0.25, 0.3) is 12.2 Å². The average molecular weight is 436 g/mol. The summed E-state index contributed by atoms with van der Waals surface area (Å²) in [7, 11) is 0. The molecule has 0 N–H and O–H groups in total. The summed E-state index contributed by atoms with van der Waals surface area (Å²) < 4.78 is 1.61. The Morgan fingerprint density at radius 1 is 0.583 bits per heavy atom. The van der Waals surface area contributed by atoms with Gasteiger partial charge in [0.25, 0.3) is 0 Å². The van der Waals surface area contributed by atoms with E-state index in [2.05, 4.69) is 95.9 Å². The summed E-state index contributed by atoms with van der Waals surface area (Å²) in [6.45, 7) is 0. The molecule has 0 aliphatic heterocycles. The molecule has 4 rings (SSSR count). The van der Waals surface area contributed by atoms with Crippen LogP contribution in [0.3, 0.4) is 0 Å². The molecule has 2 aliphatic carbocycles. The van der Waals surface area contributed by atoms with Gasteiger partial charge in [-0.2, -0.15) is 0 Å². The molecule has 24 heavy (non-hydrogen) atoms. The zero-order valence-corrected chi connectivity index (χ0v) is 19.3. The van der Waals surface area contributed by atoms with Crippen molar-refractivity contribution >= 4 is 40.8 Å². The van der Waals surface area contributed by atoms with Crippen molar-refractivity contribution in [3.05, 3.63) is 82.9 Å². The van der Waals surface area contributed by atoms with E-state index in [-0.39, 0.29) is 0 Å². The molecular weight excluding hydrogens is 409 g/mol. The first-order valence-electron chi connectivity index (χ1n) is 8.72. The van der Waals surface area contributed by atoms with E-state index in [1.165, 1.54) is 11.1 Å². The number of allylic oxidation sites excluding steroid dienone is 2. The molecule has 2 aromatic carbocycles. The van der Waals surface area contributed by atoms with Gasteiger partial charge in [-0.05, 0) is 0 Å². The van der Waals surface area contributed by atoms with Crippen molar-refractivity contribution in [1.29, 1.82) is 0 Å². The monoisotopic (exact) mass is 438 g/mol. The molecule has 0 amide bonds. The fourth-order valence-corrected chi connectivity index (χ4v) is 9.24. The first-order valence-corrected chi connectivity index (χ1v) is 19.5. The molecule has 2 radical (unpaired) electrons. The molecule has 0 nitrogen and oxygen atoms in total. The van der Waals surface area contributed by atoms with Crippen LogP contribution in [0.5, 0.6) is 0 Å². The van der Waals surface area contributed by atoms with Gasteiger partial charge in [-0.3, -0.25) is 0 Å². The molecular formula is C22H26Ge2. The second-order valence-corrected chi connectivity index (χ2v) is 18.7. The first kappa shape index (κ1) is 17.8. The summed E-state index contributed by atoms with van der Waals surface area (Å²) in [6, 6.07) is 17.5. The minimum absolute atomic E-state index is 0.799. The quantitative estimate of drug-likeness (QED) is 0.494. The Kier molecular flexibility index (Phi) is 5.88. The van der Waals surface area contributed by atoms with E-state index in [1.54, 1.807) is 11.1 Å². The van der Waals surface area contributed by atoms with Gasteiger partial charge in [0.05, 0.1) is 0 Å². The molecule has 0 heterocycles. The van der Waals surface area contributed by atoms with Gasteiger partial charge in [-0.25, -0.2) is 0 Å². The maximum atomic E-state index is 2.44. The number of hydrogen-bond acceptors (Lipinski definition) is 0. The van der Waals surface area contributed by atoms with E-state index in [4.69, 9.17) is 0 Å². The van der Waals surface area contributed by atoms with E-state index in [9.17, 15) is 0 Å². The second-order valence-electron chi connectivity index (χ2n) is 7.09. The molecule has 2 aliphatic rings. The molecule has 2 atom stereocenters. The number of hydrogen-bond donors (Lipinski definition) is 0. The molecule has 0 fully saturated rings. The van der Waals surface area contributed by atoms with Gasteiger partial charge >= 0.3 is 156 Å². The normalized spacial score (nSPS) is 20.1. The van der Waals surface area contributed by atoms with Gasteiger partial charge in [-0.15, -0.1) is 0 Å². The van der Waals surface area contributed by atoms with Gasteiger partial charge in [0.1, 0.15) is 0 Å². The van der Waals surface area contributed by atoms with Crippen LogP contribution in [-0.4, -0.2) is 28.7 Å². The van der Waals surface area contributed by atoms with Crippen molar-refractivity contribution in [2.24, 2.45) is 0 Å². The van der Waals surface area contributed by atoms with Crippen LogP contribution in [0, 0.1) is 0 Å². The molecule has 0 saturated heterocycles. The molecule has 2 heteroatoms. The van der Waals surface area contributed by atoms with Crippen molar-refractivity contribution in [3.8, 4) is 0 Å². The molecule has 0 saturated carbocycles. The third kappa shape index (κ3) is 3.80. The van der Waals surface area contributed by atoms with E-state index in [0.29, 0.717) is 0 Å². The van der Waals surface area contributed by atoms with Gasteiger partial charge in [0, 0.05) is 0 Å². The number of fused-ring (bicyclic) bond motifs is 2. The van der Waals surface area contributed by atoms with E-state index >= 15 is 0 Å². The predicted molar refractivity (Wildman–Crippen MR) is 111 cm³/mol. The Morgan fingerprint density at radius 2 is 0.958 bits per heavy atom. The predicted octanol–water partition coefficient (Wildman–Crippen LogP) is 6.18. The second kappa shape index (κ2) is 7.92. The van der Waals surface area contributed by atoms with Crippen LogP contribution in [0.1, 0.15) is 31.8 Å². The summed E-state index contributed by atoms with van der Waals surface area (Å²) in [4.78, 5) is 0. The number of benzene rings is 2. The molecule has 2 aromatic rings. The third-order valence-electron chi connectivity index (χ3n) is 4.84. The van der Waals surface area contributed by atoms with Crippen LogP contribution in [0.15, 0.2) is 60.7 Å². The summed E-state index contributed by atoms with van der Waals surface area (Å²) >= 11 is -1.60. The zero-order chi connectivity index (χ0) is 17.1. The van der Waals surface area contributed by atoms with Crippen molar-refractivity contribution < 1.29 is 0 Å². The van der Waals surface area contributed by atoms with Crippen molar-refractivity contribution in [2.45, 2.75) is 32.5 Å². The van der Waals surface area contributed by atoms with Crippen molar-refractivity contribution in [1.82, 2.24) is 0 Å². The standard InChI is InChI=1S/2C11H13Ge/c2*1-12(2)11-8-7-9-5-3-4-6-10(9)11/h2*3-8,11H,1-2H3/t2*11-/m00/s1. The van der Waals surface area contributed by atoms with Gasteiger partial charge in [-0.1, -0.05) is 0 Å². The molecule has 0 spiro atoms. The van der Waals surface area contributed by atoms with E-state index in [1.807, 2.05) is 0 Å². The van der Waals surface area contributed by atoms with Gasteiger partial charge in [0.15, 0.2) is 0 Å². The van der Waals surface area contributed by atoms with Gasteiger partial charge < -0.3 is 0 Å². The molecule has 0 bridgehead atoms. The van der Waals surface area contributed by atoms with E-state index < -0.39 is 28.7 Å². The Balaban J connectivity index is 0.000000141. The topological polar surface area (TPSA) is 0 Å². The third-order valence-corrected chi connectivity index (χ3v) is 12.2. The fraction of sp³-hybridized carbons (Fsp3) is 0.273. The van der Waals surface area contributed by atoms with Crippen LogP contribution < -0.4 is 0 Å². The summed E-state index contributed by atoms with van der Waals surface area (Å²) in [5.41, 5.74) is 6.02. The van der Waals surface area contributed by atoms with Crippen LogP contribution in [0.2, 0.25) is 23.0 Å². The molecule has 0 unspecified atom stereocenters. The summed E-state index contributed by atoms with van der Waals surface area (Å²) in [5.74, 6) is 9.77. The summed E-state index contributed by atoms with van der Waals surface area (Å²) in [6.07, 6.45) is 9.33. The fourth-order valence-electron chi connectivity index (χ4n) is 3.51. The molecule has 122 valence electrons. The van der Waals surface area contributed by atoms with Gasteiger partial charge in [0.2, 0.25) is 0 Å². The SMILES string of the molecule is [CH3][Ge]([CH3])[C@H]1C=Cc2ccccc21.[CH3][Ge]([CH3])[C@H]1C=Cc2ccccc21. The van der Waals surface area contributed by atoms with Crippen molar-refractivity contribution in [2.75, 3.05) is 0 Å². The Bertz CT molecular complexity index is 691. The van der Waals surface area contributed by atoms with Crippen LogP contribution in [0.4, 0.5) is 0 Å².